The number of carbonyl (C=O) groups is 1. The molecule has 0 aromatic heterocycles. The number of nitrogens with two attached hydrogens (primary N) is 1. The number of benzene rings is 1. The molecule has 0 radical (unpaired) electrons. The van der Waals surface area contributed by atoms with Crippen molar-refractivity contribution in [2.24, 2.45) is 11.1 Å². The lowest BCUT2D eigenvalue weighted by atomic mass is 9.84. The van der Waals surface area contributed by atoms with Crippen LogP contribution in [0.2, 0.25) is 0 Å². The Morgan fingerprint density at radius 3 is 2.33 bits per heavy atom. The maximum absolute atomic E-state index is 11.9. The van der Waals surface area contributed by atoms with Crippen molar-refractivity contribution in [2.75, 3.05) is 25.5 Å². The molecule has 1 aromatic carbocycles. The number of nitrogens with zero attached hydrogens (tertiary/aromatic N) is 1. The Morgan fingerprint density at radius 2 is 1.81 bits per heavy atom. The van der Waals surface area contributed by atoms with Gasteiger partial charge in [0.05, 0.1) is 0 Å². The van der Waals surface area contributed by atoms with Gasteiger partial charge in [-0.1, -0.05) is 26.0 Å². The second-order valence-corrected chi connectivity index (χ2v) is 6.54. The zero-order chi connectivity index (χ0) is 15.9. The van der Waals surface area contributed by atoms with E-state index in [9.17, 15) is 4.79 Å². The fraction of sp³-hybridized carbons (Fsp3) is 0.588. The van der Waals surface area contributed by atoms with E-state index in [1.54, 1.807) is 0 Å². The minimum absolute atomic E-state index is 0.108. The predicted molar refractivity (Wildman–Crippen MR) is 89.3 cm³/mol. The van der Waals surface area contributed by atoms with Crippen LogP contribution in [-0.4, -0.2) is 26.5 Å². The third-order valence-electron chi connectivity index (χ3n) is 3.79. The molecule has 0 fully saturated rings. The largest absolute Gasteiger partial charge is 0.378 e. The van der Waals surface area contributed by atoms with Crippen molar-refractivity contribution in [3.05, 3.63) is 29.8 Å². The van der Waals surface area contributed by atoms with Crippen molar-refractivity contribution >= 4 is 11.6 Å². The van der Waals surface area contributed by atoms with Crippen LogP contribution in [0.3, 0.4) is 0 Å². The highest BCUT2D eigenvalue weighted by atomic mass is 16.1. The van der Waals surface area contributed by atoms with Crippen molar-refractivity contribution in [2.45, 2.75) is 39.7 Å². The lowest BCUT2D eigenvalue weighted by molar-refractivity contribution is -0.121. The van der Waals surface area contributed by atoms with Gasteiger partial charge in [-0.3, -0.25) is 4.79 Å². The van der Waals surface area contributed by atoms with Gasteiger partial charge in [-0.2, -0.15) is 0 Å². The van der Waals surface area contributed by atoms with Crippen molar-refractivity contribution in [3.63, 3.8) is 0 Å². The Morgan fingerprint density at radius 1 is 1.19 bits per heavy atom. The molecule has 3 N–H and O–H groups in total. The highest BCUT2D eigenvalue weighted by Crippen LogP contribution is 2.25. The summed E-state index contributed by atoms with van der Waals surface area (Å²) in [6.45, 7) is 5.58. The van der Waals surface area contributed by atoms with Gasteiger partial charge in [-0.25, -0.2) is 0 Å². The normalized spacial score (nSPS) is 11.3. The summed E-state index contributed by atoms with van der Waals surface area (Å²) in [6.07, 6.45) is 2.38. The molecule has 0 aliphatic rings. The molecule has 1 amide bonds. The van der Waals surface area contributed by atoms with E-state index in [0.717, 1.165) is 24.1 Å². The van der Waals surface area contributed by atoms with Crippen LogP contribution >= 0.6 is 0 Å². The lowest BCUT2D eigenvalue weighted by Gasteiger charge is -2.23. The molecule has 0 bridgehead atoms. The quantitative estimate of drug-likeness (QED) is 0.774. The van der Waals surface area contributed by atoms with E-state index < -0.39 is 0 Å². The summed E-state index contributed by atoms with van der Waals surface area (Å²) in [6, 6.07) is 8.22. The molecule has 0 saturated heterocycles. The third kappa shape index (κ3) is 6.63. The maximum atomic E-state index is 11.9. The molecule has 4 heteroatoms. The predicted octanol–water partition coefficient (Wildman–Crippen LogP) is 2.52. The minimum Gasteiger partial charge on any atom is -0.378 e. The molecule has 0 spiro atoms. The van der Waals surface area contributed by atoms with Gasteiger partial charge in [0.25, 0.3) is 0 Å². The molecule has 21 heavy (non-hydrogen) atoms. The van der Waals surface area contributed by atoms with Gasteiger partial charge >= 0.3 is 0 Å². The highest BCUT2D eigenvalue weighted by Gasteiger charge is 2.18. The van der Waals surface area contributed by atoms with Gasteiger partial charge in [0.2, 0.25) is 5.91 Å². The average Bonchev–Trinajstić information content (AvgIpc) is 2.43. The number of carbonyl (C=O) groups excluding carboxylic acids is 1. The van der Waals surface area contributed by atoms with Crippen molar-refractivity contribution in [3.8, 4) is 0 Å². The number of hydrogen-bond donors (Lipinski definition) is 2. The van der Waals surface area contributed by atoms with Crippen LogP contribution in [0.4, 0.5) is 5.69 Å². The second-order valence-electron chi connectivity index (χ2n) is 6.54. The lowest BCUT2D eigenvalue weighted by Crippen LogP contribution is -2.25. The molecule has 4 nitrogen and oxygen atoms in total. The highest BCUT2D eigenvalue weighted by molar-refractivity contribution is 5.75. The molecule has 0 saturated carbocycles. The summed E-state index contributed by atoms with van der Waals surface area (Å²) in [7, 11) is 4.03. The van der Waals surface area contributed by atoms with Gasteiger partial charge in [0, 0.05) is 32.7 Å². The Labute approximate surface area is 128 Å². The monoisotopic (exact) mass is 291 g/mol. The first-order chi connectivity index (χ1) is 9.84. The number of rotatable bonds is 8. The van der Waals surface area contributed by atoms with Gasteiger partial charge in [-0.15, -0.1) is 0 Å². The molecule has 1 rings (SSSR count). The minimum atomic E-state index is 0.108. The number of nitrogens with one attached hydrogen (secondary N) is 1. The van der Waals surface area contributed by atoms with E-state index in [4.69, 9.17) is 5.73 Å². The fourth-order valence-electron chi connectivity index (χ4n) is 2.17. The summed E-state index contributed by atoms with van der Waals surface area (Å²) in [5, 5.41) is 2.98. The molecule has 0 atom stereocenters. The standard InChI is InChI=1S/C17H29N3O/c1-17(2,11-12-18)10-9-16(21)19-13-14-5-7-15(8-6-14)20(3)4/h5-8H,9-13,18H2,1-4H3,(H,19,21). The summed E-state index contributed by atoms with van der Waals surface area (Å²) in [4.78, 5) is 13.9. The first-order valence-corrected chi connectivity index (χ1v) is 7.57. The van der Waals surface area contributed by atoms with E-state index in [2.05, 4.69) is 36.2 Å². The first-order valence-electron chi connectivity index (χ1n) is 7.57. The molecular formula is C17H29N3O. The van der Waals surface area contributed by atoms with Crippen LogP contribution in [0.1, 0.15) is 38.7 Å². The Bertz CT molecular complexity index is 438. The molecule has 0 unspecified atom stereocenters. The van der Waals surface area contributed by atoms with Gasteiger partial charge in [0.15, 0.2) is 0 Å². The summed E-state index contributed by atoms with van der Waals surface area (Å²) in [5.41, 5.74) is 8.00. The van der Waals surface area contributed by atoms with Crippen molar-refractivity contribution in [1.82, 2.24) is 5.32 Å². The molecular weight excluding hydrogens is 262 g/mol. The third-order valence-corrected chi connectivity index (χ3v) is 3.79. The Kier molecular flexibility index (Phi) is 6.69. The van der Waals surface area contributed by atoms with E-state index >= 15 is 0 Å². The molecule has 0 aliphatic heterocycles. The van der Waals surface area contributed by atoms with Crippen LogP contribution in [0.25, 0.3) is 0 Å². The summed E-state index contributed by atoms with van der Waals surface area (Å²) < 4.78 is 0. The summed E-state index contributed by atoms with van der Waals surface area (Å²) in [5.74, 6) is 0.108. The zero-order valence-corrected chi connectivity index (χ0v) is 13.8. The van der Waals surface area contributed by atoms with Gasteiger partial charge < -0.3 is 16.0 Å². The first kappa shape index (κ1) is 17.5. The van der Waals surface area contributed by atoms with Crippen LogP contribution in [-0.2, 0) is 11.3 Å². The molecule has 1 aromatic rings. The van der Waals surface area contributed by atoms with E-state index in [-0.39, 0.29) is 11.3 Å². The fourth-order valence-corrected chi connectivity index (χ4v) is 2.17. The number of hydrogen-bond acceptors (Lipinski definition) is 3. The Balaban J connectivity index is 2.36. The Hall–Kier alpha value is -1.55. The SMILES string of the molecule is CN(C)c1ccc(CNC(=O)CCC(C)(C)CCN)cc1. The van der Waals surface area contributed by atoms with Gasteiger partial charge in [-0.05, 0) is 42.5 Å². The van der Waals surface area contributed by atoms with E-state index in [1.807, 2.05) is 26.2 Å². The zero-order valence-electron chi connectivity index (χ0n) is 13.8. The molecule has 118 valence electrons. The van der Waals surface area contributed by atoms with Crippen molar-refractivity contribution in [1.29, 1.82) is 0 Å². The smallest absolute Gasteiger partial charge is 0.220 e. The summed E-state index contributed by atoms with van der Waals surface area (Å²) >= 11 is 0. The van der Waals surface area contributed by atoms with Crippen molar-refractivity contribution < 1.29 is 4.79 Å². The number of anilines is 1. The van der Waals surface area contributed by atoms with Crippen LogP contribution < -0.4 is 16.0 Å². The average molecular weight is 291 g/mol. The van der Waals surface area contributed by atoms with Crippen LogP contribution in [0.5, 0.6) is 0 Å². The van der Waals surface area contributed by atoms with E-state index in [0.29, 0.717) is 19.5 Å². The number of amides is 1. The van der Waals surface area contributed by atoms with Crippen LogP contribution in [0, 0.1) is 5.41 Å². The van der Waals surface area contributed by atoms with E-state index in [1.165, 1.54) is 0 Å². The topological polar surface area (TPSA) is 58.4 Å². The van der Waals surface area contributed by atoms with Crippen LogP contribution in [0.15, 0.2) is 24.3 Å². The molecule has 0 aliphatic carbocycles. The second kappa shape index (κ2) is 8.03. The maximum Gasteiger partial charge on any atom is 0.220 e. The van der Waals surface area contributed by atoms with Gasteiger partial charge in [0.1, 0.15) is 0 Å². The molecule has 0 heterocycles.